The highest BCUT2D eigenvalue weighted by atomic mass is 32.2. The van der Waals surface area contributed by atoms with Crippen molar-refractivity contribution >= 4 is 10.0 Å². The van der Waals surface area contributed by atoms with E-state index in [-0.39, 0.29) is 11.9 Å². The van der Waals surface area contributed by atoms with Crippen LogP contribution in [0.5, 0.6) is 0 Å². The van der Waals surface area contributed by atoms with Crippen LogP contribution in [0.4, 0.5) is 0 Å². The van der Waals surface area contributed by atoms with Crippen LogP contribution in [-0.4, -0.2) is 39.0 Å². The number of hydrogen-bond acceptors (Lipinski definition) is 4. The minimum atomic E-state index is -3.29. The summed E-state index contributed by atoms with van der Waals surface area (Å²) in [5, 5.41) is 0. The van der Waals surface area contributed by atoms with E-state index >= 15 is 0 Å². The lowest BCUT2D eigenvalue weighted by molar-refractivity contribution is 0.115. The summed E-state index contributed by atoms with van der Waals surface area (Å²) in [6, 6.07) is 7.40. The van der Waals surface area contributed by atoms with E-state index in [9.17, 15) is 8.42 Å². The van der Waals surface area contributed by atoms with Crippen molar-refractivity contribution in [2.45, 2.75) is 24.8 Å². The summed E-state index contributed by atoms with van der Waals surface area (Å²) < 4.78 is 31.4. The molecule has 2 rings (SSSR count). The van der Waals surface area contributed by atoms with E-state index in [1.165, 1.54) is 4.31 Å². The number of nitrogens with zero attached hydrogens (tertiary/aromatic N) is 1. The SMILES string of the molecule is COC1CCN(S(=O)(=O)Cc2ccccc2CN)C1. The monoisotopic (exact) mass is 284 g/mol. The first kappa shape index (κ1) is 14.5. The average molecular weight is 284 g/mol. The fourth-order valence-corrected chi connectivity index (χ4v) is 3.96. The van der Waals surface area contributed by atoms with Crippen molar-refractivity contribution in [3.8, 4) is 0 Å². The minimum absolute atomic E-state index is 0.0107. The molecule has 1 heterocycles. The third-order valence-corrected chi connectivity index (χ3v) is 5.30. The van der Waals surface area contributed by atoms with Crippen LogP contribution in [0.3, 0.4) is 0 Å². The van der Waals surface area contributed by atoms with E-state index in [4.69, 9.17) is 10.5 Å². The molecule has 1 aliphatic rings. The molecule has 2 N–H and O–H groups in total. The molecule has 1 aromatic rings. The van der Waals surface area contributed by atoms with Crippen LogP contribution in [-0.2, 0) is 27.1 Å². The smallest absolute Gasteiger partial charge is 0.218 e. The largest absolute Gasteiger partial charge is 0.380 e. The van der Waals surface area contributed by atoms with Crippen molar-refractivity contribution in [3.63, 3.8) is 0 Å². The summed E-state index contributed by atoms with van der Waals surface area (Å²) in [6.45, 7) is 1.33. The van der Waals surface area contributed by atoms with E-state index in [0.717, 1.165) is 17.5 Å². The fourth-order valence-electron chi connectivity index (χ4n) is 2.33. The van der Waals surface area contributed by atoms with Crippen molar-refractivity contribution in [1.29, 1.82) is 0 Å². The van der Waals surface area contributed by atoms with E-state index in [0.29, 0.717) is 19.6 Å². The van der Waals surface area contributed by atoms with Crippen LogP contribution in [0.1, 0.15) is 17.5 Å². The van der Waals surface area contributed by atoms with E-state index < -0.39 is 10.0 Å². The average Bonchev–Trinajstić information content (AvgIpc) is 2.88. The fraction of sp³-hybridized carbons (Fsp3) is 0.538. The van der Waals surface area contributed by atoms with Gasteiger partial charge in [0.25, 0.3) is 0 Å². The Morgan fingerprint density at radius 3 is 2.63 bits per heavy atom. The highest BCUT2D eigenvalue weighted by Crippen LogP contribution is 2.20. The van der Waals surface area contributed by atoms with Crippen molar-refractivity contribution < 1.29 is 13.2 Å². The first-order valence-corrected chi connectivity index (χ1v) is 7.95. The topological polar surface area (TPSA) is 72.6 Å². The molecule has 0 aromatic heterocycles. The third kappa shape index (κ3) is 3.33. The maximum Gasteiger partial charge on any atom is 0.218 e. The summed E-state index contributed by atoms with van der Waals surface area (Å²) in [4.78, 5) is 0. The van der Waals surface area contributed by atoms with E-state index in [1.807, 2.05) is 24.3 Å². The highest BCUT2D eigenvalue weighted by Gasteiger charge is 2.31. The Hall–Kier alpha value is -0.950. The van der Waals surface area contributed by atoms with Crippen molar-refractivity contribution in [2.75, 3.05) is 20.2 Å². The molecule has 6 heteroatoms. The molecule has 0 bridgehead atoms. The Balaban J connectivity index is 2.13. The Morgan fingerprint density at radius 2 is 2.05 bits per heavy atom. The number of rotatable bonds is 5. The number of methoxy groups -OCH3 is 1. The Labute approximate surface area is 114 Å². The van der Waals surface area contributed by atoms with Crippen LogP contribution in [0.15, 0.2) is 24.3 Å². The van der Waals surface area contributed by atoms with Crippen LogP contribution < -0.4 is 5.73 Å². The molecule has 19 heavy (non-hydrogen) atoms. The van der Waals surface area contributed by atoms with Gasteiger partial charge in [0.1, 0.15) is 0 Å². The maximum absolute atomic E-state index is 12.4. The molecule has 0 spiro atoms. The molecule has 1 saturated heterocycles. The second kappa shape index (κ2) is 6.00. The van der Waals surface area contributed by atoms with Crippen LogP contribution in [0, 0.1) is 0 Å². The first-order valence-electron chi connectivity index (χ1n) is 6.34. The molecule has 0 saturated carbocycles. The number of hydrogen-bond donors (Lipinski definition) is 1. The molecule has 0 aliphatic carbocycles. The van der Waals surface area contributed by atoms with Gasteiger partial charge in [0.05, 0.1) is 11.9 Å². The number of ether oxygens (including phenoxy) is 1. The molecule has 5 nitrogen and oxygen atoms in total. The predicted molar refractivity (Wildman–Crippen MR) is 73.9 cm³/mol. The standard InChI is InChI=1S/C13H20N2O3S/c1-18-13-6-7-15(9-13)19(16,17)10-12-5-3-2-4-11(12)8-14/h2-5,13H,6-10,14H2,1H3. The Bertz CT molecular complexity index is 530. The zero-order chi connectivity index (χ0) is 13.9. The lowest BCUT2D eigenvalue weighted by Gasteiger charge is -2.17. The summed E-state index contributed by atoms with van der Waals surface area (Å²) in [5.41, 5.74) is 7.30. The van der Waals surface area contributed by atoms with Crippen LogP contribution in [0.25, 0.3) is 0 Å². The van der Waals surface area contributed by atoms with Gasteiger partial charge in [-0.1, -0.05) is 24.3 Å². The number of benzene rings is 1. The maximum atomic E-state index is 12.4. The molecule has 1 atom stereocenters. The van der Waals surface area contributed by atoms with Gasteiger partial charge >= 0.3 is 0 Å². The molecule has 1 fully saturated rings. The van der Waals surface area contributed by atoms with Gasteiger partial charge in [-0.3, -0.25) is 0 Å². The molecule has 1 unspecified atom stereocenters. The minimum Gasteiger partial charge on any atom is -0.380 e. The lowest BCUT2D eigenvalue weighted by atomic mass is 10.1. The second-order valence-corrected chi connectivity index (χ2v) is 6.70. The van der Waals surface area contributed by atoms with Gasteiger partial charge in [0, 0.05) is 26.7 Å². The molecule has 0 radical (unpaired) electrons. The van der Waals surface area contributed by atoms with Gasteiger partial charge in [-0.25, -0.2) is 8.42 Å². The van der Waals surface area contributed by atoms with Gasteiger partial charge in [-0.05, 0) is 17.5 Å². The van der Waals surface area contributed by atoms with E-state index in [2.05, 4.69) is 0 Å². The molecule has 1 aliphatic heterocycles. The summed E-state index contributed by atoms with van der Waals surface area (Å²) in [5.74, 6) is 0.0107. The predicted octanol–water partition coefficient (Wildman–Crippen LogP) is 0.696. The lowest BCUT2D eigenvalue weighted by Crippen LogP contribution is -2.31. The summed E-state index contributed by atoms with van der Waals surface area (Å²) in [7, 11) is -1.68. The van der Waals surface area contributed by atoms with Crippen LogP contribution in [0.2, 0.25) is 0 Å². The zero-order valence-electron chi connectivity index (χ0n) is 11.1. The van der Waals surface area contributed by atoms with Gasteiger partial charge in [0.2, 0.25) is 10.0 Å². The van der Waals surface area contributed by atoms with Crippen molar-refractivity contribution in [1.82, 2.24) is 4.31 Å². The van der Waals surface area contributed by atoms with Crippen molar-refractivity contribution in [3.05, 3.63) is 35.4 Å². The quantitative estimate of drug-likeness (QED) is 0.863. The summed E-state index contributed by atoms with van der Waals surface area (Å²) in [6.07, 6.45) is 0.772. The molecule has 0 amide bonds. The molecular formula is C13H20N2O3S. The Kier molecular flexibility index (Phi) is 4.57. The first-order chi connectivity index (χ1) is 9.06. The van der Waals surface area contributed by atoms with Gasteiger partial charge in [0.15, 0.2) is 0 Å². The zero-order valence-corrected chi connectivity index (χ0v) is 11.9. The molecule has 106 valence electrons. The molecular weight excluding hydrogens is 264 g/mol. The van der Waals surface area contributed by atoms with Gasteiger partial charge < -0.3 is 10.5 Å². The van der Waals surface area contributed by atoms with E-state index in [1.54, 1.807) is 7.11 Å². The van der Waals surface area contributed by atoms with Gasteiger partial charge in [-0.15, -0.1) is 0 Å². The highest BCUT2D eigenvalue weighted by molar-refractivity contribution is 7.88. The Morgan fingerprint density at radius 1 is 1.37 bits per heavy atom. The third-order valence-electron chi connectivity index (χ3n) is 3.51. The van der Waals surface area contributed by atoms with Gasteiger partial charge in [-0.2, -0.15) is 4.31 Å². The normalized spacial score (nSPS) is 20.8. The number of nitrogens with two attached hydrogens (primary N) is 1. The summed E-state index contributed by atoms with van der Waals surface area (Å²) >= 11 is 0. The number of sulfonamides is 1. The molecule has 1 aromatic carbocycles. The van der Waals surface area contributed by atoms with Crippen LogP contribution >= 0.6 is 0 Å². The van der Waals surface area contributed by atoms with Crippen molar-refractivity contribution in [2.24, 2.45) is 5.73 Å². The second-order valence-electron chi connectivity index (χ2n) is 4.73.